The van der Waals surface area contributed by atoms with Crippen LogP contribution in [-0.4, -0.2) is 10.8 Å². The third-order valence-corrected chi connectivity index (χ3v) is 2.50. The number of benzene rings is 1. The van der Waals surface area contributed by atoms with Crippen molar-refractivity contribution in [2.75, 3.05) is 0 Å². The van der Waals surface area contributed by atoms with Gasteiger partial charge in [-0.25, -0.2) is 0 Å². The highest BCUT2D eigenvalue weighted by Gasteiger charge is 2.09. The number of hydrogen-bond acceptors (Lipinski definition) is 2. The molecule has 0 aliphatic rings. The van der Waals surface area contributed by atoms with E-state index in [1.54, 1.807) is 0 Å². The van der Waals surface area contributed by atoms with Gasteiger partial charge in [0.15, 0.2) is 5.78 Å². The Bertz CT molecular complexity index is 399. The third-order valence-electron chi connectivity index (χ3n) is 2.29. The zero-order chi connectivity index (χ0) is 11.4. The van der Waals surface area contributed by atoms with Crippen molar-refractivity contribution in [1.82, 2.24) is 0 Å². The summed E-state index contributed by atoms with van der Waals surface area (Å²) in [7, 11) is 0. The zero-order valence-electron chi connectivity index (χ0n) is 9.04. The Kier molecular flexibility index (Phi) is 3.97. The van der Waals surface area contributed by atoms with Crippen LogP contribution in [0.3, 0.4) is 0 Å². The molecule has 0 radical (unpaired) electrons. The van der Waals surface area contributed by atoms with Crippen molar-refractivity contribution in [3.8, 4) is 0 Å². The molecule has 0 heterocycles. The minimum Gasteiger partial charge on any atom is -0.393 e. The van der Waals surface area contributed by atoms with Gasteiger partial charge in [0, 0.05) is 18.4 Å². The maximum atomic E-state index is 11.8. The lowest BCUT2D eigenvalue weighted by Crippen LogP contribution is -2.11. The average molecular weight is 221 g/mol. The molecule has 0 unspecified atom stereocenters. The first kappa shape index (κ1) is 11.9. The maximum Gasteiger partial charge on any atom is 0.163 e. The second-order valence-corrected chi connectivity index (χ2v) is 4.23. The second kappa shape index (κ2) is 5.03. The van der Waals surface area contributed by atoms with Gasteiger partial charge in [-0.1, -0.05) is 29.9 Å². The molecule has 2 N–H and O–H groups in total. The summed E-state index contributed by atoms with van der Waals surface area (Å²) in [6.45, 7) is 3.91. The molecule has 0 bridgehead atoms. The van der Waals surface area contributed by atoms with Gasteiger partial charge >= 0.3 is 0 Å². The quantitative estimate of drug-likeness (QED) is 0.627. The van der Waals surface area contributed by atoms with Crippen molar-refractivity contribution in [3.05, 3.63) is 34.9 Å². The highest BCUT2D eigenvalue weighted by atomic mass is 32.1. The molecule has 0 saturated heterocycles. The Labute approximate surface area is 95.5 Å². The fourth-order valence-corrected chi connectivity index (χ4v) is 1.51. The Balaban J connectivity index is 2.81. The third kappa shape index (κ3) is 3.44. The van der Waals surface area contributed by atoms with E-state index in [4.69, 9.17) is 18.0 Å². The topological polar surface area (TPSA) is 43.1 Å². The Morgan fingerprint density at radius 1 is 1.33 bits per heavy atom. The van der Waals surface area contributed by atoms with E-state index >= 15 is 0 Å². The largest absolute Gasteiger partial charge is 0.393 e. The van der Waals surface area contributed by atoms with Gasteiger partial charge in [-0.2, -0.15) is 0 Å². The molecule has 0 saturated carbocycles. The van der Waals surface area contributed by atoms with Crippen LogP contribution in [0, 0.1) is 13.8 Å². The molecule has 0 spiro atoms. The molecule has 1 aromatic rings. The Morgan fingerprint density at radius 2 is 2.00 bits per heavy atom. The summed E-state index contributed by atoms with van der Waals surface area (Å²) in [5, 5.41) is 0. The number of hydrogen-bond donors (Lipinski definition) is 1. The second-order valence-electron chi connectivity index (χ2n) is 3.71. The molecule has 0 aliphatic heterocycles. The van der Waals surface area contributed by atoms with Crippen molar-refractivity contribution in [2.45, 2.75) is 26.7 Å². The number of Topliss-reactive ketones (excluding diaryl/α,β-unsaturated/α-hetero) is 1. The first-order valence-corrected chi connectivity index (χ1v) is 5.30. The zero-order valence-corrected chi connectivity index (χ0v) is 9.86. The summed E-state index contributed by atoms with van der Waals surface area (Å²) >= 11 is 4.75. The van der Waals surface area contributed by atoms with Crippen LogP contribution >= 0.6 is 12.2 Å². The molecule has 15 heavy (non-hydrogen) atoms. The van der Waals surface area contributed by atoms with Crippen molar-refractivity contribution in [3.63, 3.8) is 0 Å². The summed E-state index contributed by atoms with van der Waals surface area (Å²) in [6, 6.07) is 5.88. The standard InChI is InChI=1S/C12H15NOS/c1-8-3-4-9(2)10(7-8)11(14)5-6-12(13)15/h3-4,7H,5-6H2,1-2H3,(H2,13,15). The van der Waals surface area contributed by atoms with E-state index < -0.39 is 0 Å². The summed E-state index contributed by atoms with van der Waals surface area (Å²) in [5.41, 5.74) is 8.25. The van der Waals surface area contributed by atoms with Crippen LogP contribution in [0.15, 0.2) is 18.2 Å². The normalized spacial score (nSPS) is 10.0. The SMILES string of the molecule is Cc1ccc(C)c(C(=O)CCC(N)=S)c1. The molecule has 1 rings (SSSR count). The summed E-state index contributed by atoms with van der Waals surface area (Å²) in [5.74, 6) is 0.115. The fourth-order valence-electron chi connectivity index (χ4n) is 1.41. The minimum atomic E-state index is 0.115. The van der Waals surface area contributed by atoms with Gasteiger partial charge in [-0.3, -0.25) is 4.79 Å². The first-order chi connectivity index (χ1) is 7.00. The Hall–Kier alpha value is -1.22. The van der Waals surface area contributed by atoms with Crippen LogP contribution in [0.4, 0.5) is 0 Å². The molecule has 0 fully saturated rings. The molecule has 0 aromatic heterocycles. The molecule has 80 valence electrons. The lowest BCUT2D eigenvalue weighted by molar-refractivity contribution is 0.0984. The van der Waals surface area contributed by atoms with Crippen LogP contribution in [0.25, 0.3) is 0 Å². The van der Waals surface area contributed by atoms with Gasteiger partial charge in [0.05, 0.1) is 4.99 Å². The molecule has 0 aliphatic carbocycles. The van der Waals surface area contributed by atoms with Crippen LogP contribution in [-0.2, 0) is 0 Å². The van der Waals surface area contributed by atoms with E-state index in [0.29, 0.717) is 17.8 Å². The van der Waals surface area contributed by atoms with Crippen LogP contribution < -0.4 is 5.73 Å². The Morgan fingerprint density at radius 3 is 2.60 bits per heavy atom. The predicted molar refractivity (Wildman–Crippen MR) is 66.3 cm³/mol. The van der Waals surface area contributed by atoms with Crippen molar-refractivity contribution in [2.24, 2.45) is 5.73 Å². The highest BCUT2D eigenvalue weighted by Crippen LogP contribution is 2.13. The summed E-state index contributed by atoms with van der Waals surface area (Å²) in [6.07, 6.45) is 0.890. The van der Waals surface area contributed by atoms with E-state index in [1.165, 1.54) is 0 Å². The number of nitrogens with two attached hydrogens (primary N) is 1. The smallest absolute Gasteiger partial charge is 0.163 e. The van der Waals surface area contributed by atoms with E-state index in [9.17, 15) is 4.79 Å². The van der Waals surface area contributed by atoms with Crippen LogP contribution in [0.1, 0.15) is 34.3 Å². The summed E-state index contributed by atoms with van der Waals surface area (Å²) in [4.78, 5) is 12.2. The molecule has 3 heteroatoms. The van der Waals surface area contributed by atoms with Gasteiger partial charge in [-0.05, 0) is 25.5 Å². The van der Waals surface area contributed by atoms with Crippen molar-refractivity contribution in [1.29, 1.82) is 0 Å². The van der Waals surface area contributed by atoms with Crippen LogP contribution in [0.2, 0.25) is 0 Å². The van der Waals surface area contributed by atoms with Gasteiger partial charge in [0.1, 0.15) is 0 Å². The van der Waals surface area contributed by atoms with E-state index in [2.05, 4.69) is 0 Å². The number of carbonyl (C=O) groups is 1. The van der Waals surface area contributed by atoms with Gasteiger partial charge in [-0.15, -0.1) is 0 Å². The number of thiocarbonyl (C=S) groups is 1. The average Bonchev–Trinajstić information content (AvgIpc) is 2.18. The molecule has 1 aromatic carbocycles. The fraction of sp³-hybridized carbons (Fsp3) is 0.333. The van der Waals surface area contributed by atoms with E-state index in [-0.39, 0.29) is 5.78 Å². The first-order valence-electron chi connectivity index (χ1n) is 4.89. The lowest BCUT2D eigenvalue weighted by Gasteiger charge is -2.05. The number of rotatable bonds is 4. The van der Waals surface area contributed by atoms with E-state index in [0.717, 1.165) is 16.7 Å². The lowest BCUT2D eigenvalue weighted by atomic mass is 9.99. The van der Waals surface area contributed by atoms with E-state index in [1.807, 2.05) is 32.0 Å². The van der Waals surface area contributed by atoms with Crippen LogP contribution in [0.5, 0.6) is 0 Å². The number of aryl methyl sites for hydroxylation is 2. The molecule has 0 atom stereocenters. The molecular weight excluding hydrogens is 206 g/mol. The predicted octanol–water partition coefficient (Wildman–Crippen LogP) is 2.55. The summed E-state index contributed by atoms with van der Waals surface area (Å²) < 4.78 is 0. The molecule has 2 nitrogen and oxygen atoms in total. The van der Waals surface area contributed by atoms with Gasteiger partial charge < -0.3 is 5.73 Å². The monoisotopic (exact) mass is 221 g/mol. The van der Waals surface area contributed by atoms with Gasteiger partial charge in [0.25, 0.3) is 0 Å². The minimum absolute atomic E-state index is 0.115. The maximum absolute atomic E-state index is 11.8. The van der Waals surface area contributed by atoms with Crippen molar-refractivity contribution < 1.29 is 4.79 Å². The molecule has 0 amide bonds. The molecular formula is C12H15NOS. The number of ketones is 1. The van der Waals surface area contributed by atoms with Crippen molar-refractivity contribution >= 4 is 23.0 Å². The number of carbonyl (C=O) groups excluding carboxylic acids is 1. The highest BCUT2D eigenvalue weighted by molar-refractivity contribution is 7.80. The van der Waals surface area contributed by atoms with Gasteiger partial charge in [0.2, 0.25) is 0 Å².